The predicted molar refractivity (Wildman–Crippen MR) is 109 cm³/mol. The first-order valence-electron chi connectivity index (χ1n) is 9.31. The molecule has 0 radical (unpaired) electrons. The smallest absolute Gasteiger partial charge is 0.275 e. The predicted octanol–water partition coefficient (Wildman–Crippen LogP) is 3.01. The van der Waals surface area contributed by atoms with Crippen molar-refractivity contribution in [2.24, 2.45) is 0 Å². The number of carbonyl (C=O) groups excluding carboxylic acids is 1. The third kappa shape index (κ3) is 4.18. The van der Waals surface area contributed by atoms with Gasteiger partial charge >= 0.3 is 0 Å². The molecule has 2 heterocycles. The average Bonchev–Trinajstić information content (AvgIpc) is 3.40. The van der Waals surface area contributed by atoms with Gasteiger partial charge in [-0.3, -0.25) is 4.79 Å². The van der Waals surface area contributed by atoms with Crippen LogP contribution in [0.1, 0.15) is 35.0 Å². The molecule has 5 nitrogen and oxygen atoms in total. The highest BCUT2D eigenvalue weighted by atomic mass is 32.1. The fraction of sp³-hybridized carbons (Fsp3) is 0.227. The van der Waals surface area contributed by atoms with Crippen molar-refractivity contribution in [2.75, 3.05) is 13.3 Å². The van der Waals surface area contributed by atoms with Crippen molar-refractivity contribution in [3.63, 3.8) is 0 Å². The summed E-state index contributed by atoms with van der Waals surface area (Å²) in [6, 6.07) is 20.2. The quantitative estimate of drug-likeness (QED) is 0.646. The monoisotopic (exact) mass is 395 g/mol. The minimum atomic E-state index is -0.104. The van der Waals surface area contributed by atoms with Crippen molar-refractivity contribution in [1.29, 1.82) is 0 Å². The maximum Gasteiger partial charge on any atom is 0.275 e. The van der Waals surface area contributed by atoms with Gasteiger partial charge in [-0.1, -0.05) is 42.5 Å². The van der Waals surface area contributed by atoms with E-state index in [-0.39, 0.29) is 24.8 Å². The molecule has 1 aromatic heterocycles. The second-order valence-electron chi connectivity index (χ2n) is 6.75. The molecule has 0 saturated heterocycles. The number of fused-ring (bicyclic) bond motifs is 1. The molecule has 3 N–H and O–H groups in total. The Balaban J connectivity index is 1.38. The van der Waals surface area contributed by atoms with Gasteiger partial charge in [-0.05, 0) is 36.1 Å². The molecule has 2 atom stereocenters. The molecule has 3 aromatic rings. The van der Waals surface area contributed by atoms with E-state index in [1.54, 1.807) is 11.3 Å². The first kappa shape index (κ1) is 18.5. The summed E-state index contributed by atoms with van der Waals surface area (Å²) in [5.74, 6) is 1.48. The molecule has 144 valence electrons. The van der Waals surface area contributed by atoms with E-state index < -0.39 is 0 Å². The van der Waals surface area contributed by atoms with Crippen molar-refractivity contribution in [2.45, 2.75) is 19.0 Å². The van der Waals surface area contributed by atoms with Crippen LogP contribution < -0.4 is 20.1 Å². The van der Waals surface area contributed by atoms with Gasteiger partial charge in [0.1, 0.15) is 6.04 Å². The zero-order valence-electron chi connectivity index (χ0n) is 15.6. The van der Waals surface area contributed by atoms with Gasteiger partial charge < -0.3 is 20.1 Å². The Morgan fingerprint density at radius 2 is 1.89 bits per heavy atom. The van der Waals surface area contributed by atoms with Crippen LogP contribution in [0.15, 0.2) is 66.0 Å². The summed E-state index contributed by atoms with van der Waals surface area (Å²) in [7, 11) is 0. The lowest BCUT2D eigenvalue weighted by molar-refractivity contribution is -0.676. The molecule has 6 heteroatoms. The first-order valence-corrected chi connectivity index (χ1v) is 10.2. The van der Waals surface area contributed by atoms with Crippen LogP contribution in [0.4, 0.5) is 0 Å². The molecule has 28 heavy (non-hydrogen) atoms. The van der Waals surface area contributed by atoms with E-state index in [4.69, 9.17) is 9.47 Å². The summed E-state index contributed by atoms with van der Waals surface area (Å²) in [4.78, 5) is 13.8. The summed E-state index contributed by atoms with van der Waals surface area (Å²) < 4.78 is 10.8. The number of hydrogen-bond acceptors (Lipinski definition) is 4. The van der Waals surface area contributed by atoms with Crippen LogP contribution in [0.2, 0.25) is 0 Å². The molecule has 0 aliphatic carbocycles. The van der Waals surface area contributed by atoms with Gasteiger partial charge in [-0.15, -0.1) is 11.3 Å². The number of hydrogen-bond donors (Lipinski definition) is 2. The number of rotatable bonds is 7. The van der Waals surface area contributed by atoms with Crippen molar-refractivity contribution in [1.82, 2.24) is 5.32 Å². The number of nitrogens with two attached hydrogens (primary N) is 1. The molecular weight excluding hydrogens is 372 g/mol. The van der Waals surface area contributed by atoms with Gasteiger partial charge in [0.2, 0.25) is 6.79 Å². The van der Waals surface area contributed by atoms with Gasteiger partial charge in [0.15, 0.2) is 18.0 Å². The van der Waals surface area contributed by atoms with Crippen LogP contribution in [0, 0.1) is 0 Å². The maximum absolute atomic E-state index is 12.6. The Morgan fingerprint density at radius 1 is 1.07 bits per heavy atom. The lowest BCUT2D eigenvalue weighted by atomic mass is 10.1. The van der Waals surface area contributed by atoms with Gasteiger partial charge in [0, 0.05) is 5.56 Å². The summed E-state index contributed by atoms with van der Waals surface area (Å²) in [5, 5.41) is 7.23. The molecule has 0 bridgehead atoms. The number of benzene rings is 2. The molecule has 1 aliphatic heterocycles. The fourth-order valence-corrected chi connectivity index (χ4v) is 4.19. The van der Waals surface area contributed by atoms with E-state index in [2.05, 4.69) is 34.2 Å². The van der Waals surface area contributed by atoms with E-state index >= 15 is 0 Å². The van der Waals surface area contributed by atoms with E-state index in [0.29, 0.717) is 6.54 Å². The largest absolute Gasteiger partial charge is 0.454 e. The third-order valence-corrected chi connectivity index (χ3v) is 5.78. The van der Waals surface area contributed by atoms with Crippen LogP contribution in [-0.2, 0) is 4.79 Å². The molecule has 2 aromatic carbocycles. The topological polar surface area (TPSA) is 64.2 Å². The van der Waals surface area contributed by atoms with Gasteiger partial charge in [-0.2, -0.15) is 0 Å². The molecule has 4 rings (SSSR count). The van der Waals surface area contributed by atoms with Gasteiger partial charge in [-0.25, -0.2) is 0 Å². The summed E-state index contributed by atoms with van der Waals surface area (Å²) in [6.07, 6.45) is 0. The lowest BCUT2D eigenvalue weighted by Gasteiger charge is -2.17. The van der Waals surface area contributed by atoms with Crippen LogP contribution in [0.5, 0.6) is 11.5 Å². The van der Waals surface area contributed by atoms with Crippen LogP contribution in [0.25, 0.3) is 0 Å². The molecule has 1 amide bonds. The first-order chi connectivity index (χ1) is 13.7. The zero-order valence-corrected chi connectivity index (χ0v) is 16.4. The van der Waals surface area contributed by atoms with Crippen molar-refractivity contribution >= 4 is 17.2 Å². The highest BCUT2D eigenvalue weighted by molar-refractivity contribution is 7.10. The van der Waals surface area contributed by atoms with Crippen LogP contribution in [-0.4, -0.2) is 19.2 Å². The van der Waals surface area contributed by atoms with Crippen LogP contribution >= 0.6 is 11.3 Å². The Labute approximate surface area is 168 Å². The number of quaternary nitrogens is 1. The van der Waals surface area contributed by atoms with Crippen molar-refractivity contribution in [3.05, 3.63) is 82.0 Å². The highest BCUT2D eigenvalue weighted by Gasteiger charge is 2.21. The SMILES string of the molecule is C[C@H](NC(=O)C[NH2+][C@H](c1ccccc1)c1cccs1)c1ccc2c(c1)OCO2. The standard InChI is InChI=1S/C22H22N2O3S/c1-15(17-9-10-18-19(12-17)27-14-26-18)24-21(25)13-23-22(20-8-5-11-28-20)16-6-3-2-4-7-16/h2-12,15,22-23H,13-14H2,1H3,(H,24,25)/p+1/t15-,22+/m0/s1. The summed E-state index contributed by atoms with van der Waals surface area (Å²) in [5.41, 5.74) is 2.19. The number of thiophene rings is 1. The molecule has 0 saturated carbocycles. The molecule has 0 unspecified atom stereocenters. The van der Waals surface area contributed by atoms with Crippen LogP contribution in [0.3, 0.4) is 0 Å². The van der Waals surface area contributed by atoms with Gasteiger partial charge in [0.25, 0.3) is 5.91 Å². The Kier molecular flexibility index (Phi) is 5.60. The fourth-order valence-electron chi connectivity index (χ4n) is 3.34. The second-order valence-corrected chi connectivity index (χ2v) is 7.72. The van der Waals surface area contributed by atoms with Crippen molar-refractivity contribution < 1.29 is 19.6 Å². The normalized spacial score (nSPS) is 14.5. The van der Waals surface area contributed by atoms with E-state index in [1.807, 2.05) is 49.4 Å². The minimum Gasteiger partial charge on any atom is -0.454 e. The summed E-state index contributed by atoms with van der Waals surface area (Å²) >= 11 is 1.71. The lowest BCUT2D eigenvalue weighted by Crippen LogP contribution is -2.87. The maximum atomic E-state index is 12.6. The number of amides is 1. The molecular formula is C22H23N2O3S+. The van der Waals surface area contributed by atoms with Crippen molar-refractivity contribution in [3.8, 4) is 11.5 Å². The zero-order chi connectivity index (χ0) is 19.3. The Hall–Kier alpha value is -2.83. The molecule has 0 fully saturated rings. The van der Waals surface area contributed by atoms with E-state index in [9.17, 15) is 4.79 Å². The Morgan fingerprint density at radius 3 is 2.68 bits per heavy atom. The molecule has 0 spiro atoms. The van der Waals surface area contributed by atoms with Gasteiger partial charge in [0.05, 0.1) is 10.9 Å². The number of nitrogens with one attached hydrogen (secondary N) is 1. The average molecular weight is 396 g/mol. The number of carbonyl (C=O) groups is 1. The highest BCUT2D eigenvalue weighted by Crippen LogP contribution is 2.34. The number of ether oxygens (including phenoxy) is 2. The minimum absolute atomic E-state index is 0.00246. The second kappa shape index (κ2) is 8.46. The molecule has 1 aliphatic rings. The van der Waals surface area contributed by atoms with E-state index in [0.717, 1.165) is 17.1 Å². The van der Waals surface area contributed by atoms with E-state index in [1.165, 1.54) is 10.4 Å². The summed E-state index contributed by atoms with van der Waals surface area (Å²) in [6.45, 7) is 2.58. The Bertz CT molecular complexity index is 928. The third-order valence-electron chi connectivity index (χ3n) is 4.82.